The smallest absolute Gasteiger partial charge is 0.342 e. The summed E-state index contributed by atoms with van der Waals surface area (Å²) in [6.45, 7) is 4.44. The van der Waals surface area contributed by atoms with Crippen LogP contribution in [0, 0.1) is 17.2 Å². The lowest BCUT2D eigenvalue weighted by molar-refractivity contribution is 0.0529. The second kappa shape index (κ2) is 8.02. The van der Waals surface area contributed by atoms with E-state index < -0.39 is 11.5 Å². The van der Waals surface area contributed by atoms with Gasteiger partial charge >= 0.3 is 5.97 Å². The second-order valence-electron chi connectivity index (χ2n) is 6.29. The van der Waals surface area contributed by atoms with Crippen LogP contribution in [-0.2, 0) is 4.74 Å². The van der Waals surface area contributed by atoms with Gasteiger partial charge in [-0.25, -0.2) is 4.79 Å². The summed E-state index contributed by atoms with van der Waals surface area (Å²) < 4.78 is 6.51. The summed E-state index contributed by atoms with van der Waals surface area (Å²) in [5.41, 5.74) is 0.440. The average Bonchev–Trinajstić information content (AvgIpc) is 2.67. The van der Waals surface area contributed by atoms with Crippen molar-refractivity contribution < 1.29 is 9.53 Å². The van der Waals surface area contributed by atoms with Crippen molar-refractivity contribution in [3.8, 4) is 6.07 Å². The first kappa shape index (κ1) is 18.0. The van der Waals surface area contributed by atoms with E-state index in [0.717, 1.165) is 25.9 Å². The van der Waals surface area contributed by atoms with Gasteiger partial charge in [-0.15, -0.1) is 0 Å². The lowest BCUT2D eigenvalue weighted by atomic mass is 9.97. The van der Waals surface area contributed by atoms with E-state index in [1.165, 1.54) is 4.40 Å². The number of carbonyl (C=O) groups excluding carboxylic acids is 1. The number of hydrogen-bond donors (Lipinski definition) is 2. The fraction of sp³-hybridized carbons (Fsp3) is 0.421. The Kier molecular flexibility index (Phi) is 5.54. The zero-order valence-electron chi connectivity index (χ0n) is 14.7. The summed E-state index contributed by atoms with van der Waals surface area (Å²) in [4.78, 5) is 25.3. The van der Waals surface area contributed by atoms with Crippen LogP contribution >= 0.6 is 0 Å². The molecule has 1 aliphatic heterocycles. The molecule has 3 heterocycles. The summed E-state index contributed by atoms with van der Waals surface area (Å²) in [5.74, 6) is -0.118. The van der Waals surface area contributed by atoms with Gasteiger partial charge < -0.3 is 15.4 Å². The molecule has 0 spiro atoms. The first-order valence-corrected chi connectivity index (χ1v) is 8.86. The molecule has 3 rings (SSSR count). The molecule has 0 saturated carbocycles. The number of hydrogen-bond acceptors (Lipinski definition) is 6. The molecule has 0 aliphatic carbocycles. The number of ether oxygens (including phenoxy) is 1. The SMILES string of the molecule is CCOC(=O)c1c(NCC2CCNCC2)c(C#N)c(=O)n2ccccc12. The minimum Gasteiger partial charge on any atom is -0.462 e. The molecule has 7 nitrogen and oxygen atoms in total. The average molecular weight is 354 g/mol. The molecule has 136 valence electrons. The van der Waals surface area contributed by atoms with Crippen molar-refractivity contribution in [3.63, 3.8) is 0 Å². The molecule has 0 radical (unpaired) electrons. The number of piperidine rings is 1. The Labute approximate surface area is 151 Å². The summed E-state index contributed by atoms with van der Waals surface area (Å²) in [5, 5.41) is 16.1. The first-order valence-electron chi connectivity index (χ1n) is 8.86. The third-order valence-electron chi connectivity index (χ3n) is 4.67. The topological polar surface area (TPSA) is 95.6 Å². The van der Waals surface area contributed by atoms with E-state index in [1.54, 1.807) is 31.3 Å². The van der Waals surface area contributed by atoms with Crippen LogP contribution in [0.2, 0.25) is 0 Å². The van der Waals surface area contributed by atoms with Crippen LogP contribution in [0.25, 0.3) is 5.52 Å². The zero-order chi connectivity index (χ0) is 18.5. The molecule has 1 saturated heterocycles. The fourth-order valence-electron chi connectivity index (χ4n) is 3.33. The van der Waals surface area contributed by atoms with Gasteiger partial charge in [-0.2, -0.15) is 5.26 Å². The quantitative estimate of drug-likeness (QED) is 0.795. The predicted octanol–water partition coefficient (Wildman–Crippen LogP) is 1.76. The minimum absolute atomic E-state index is 0.0642. The van der Waals surface area contributed by atoms with Crippen LogP contribution in [0.1, 0.15) is 35.7 Å². The number of esters is 1. The maximum Gasteiger partial charge on any atom is 0.342 e. The van der Waals surface area contributed by atoms with Crippen molar-refractivity contribution in [2.45, 2.75) is 19.8 Å². The van der Waals surface area contributed by atoms with Crippen molar-refractivity contribution in [1.29, 1.82) is 5.26 Å². The van der Waals surface area contributed by atoms with Gasteiger partial charge in [0.15, 0.2) is 0 Å². The number of pyridine rings is 2. The fourth-order valence-corrected chi connectivity index (χ4v) is 3.33. The summed E-state index contributed by atoms with van der Waals surface area (Å²) in [7, 11) is 0. The van der Waals surface area contributed by atoms with Gasteiger partial charge in [0, 0.05) is 12.7 Å². The molecule has 2 N–H and O–H groups in total. The molecular formula is C19H22N4O3. The van der Waals surface area contributed by atoms with Crippen LogP contribution in [0.4, 0.5) is 5.69 Å². The molecule has 0 unspecified atom stereocenters. The van der Waals surface area contributed by atoms with Crippen LogP contribution in [0.5, 0.6) is 0 Å². The van der Waals surface area contributed by atoms with Gasteiger partial charge in [-0.05, 0) is 50.9 Å². The largest absolute Gasteiger partial charge is 0.462 e. The highest BCUT2D eigenvalue weighted by molar-refractivity contribution is 6.04. The van der Waals surface area contributed by atoms with E-state index in [4.69, 9.17) is 4.74 Å². The van der Waals surface area contributed by atoms with Crippen LogP contribution in [0.15, 0.2) is 29.2 Å². The highest BCUT2D eigenvalue weighted by Crippen LogP contribution is 2.25. The summed E-state index contributed by atoms with van der Waals surface area (Å²) in [6.07, 6.45) is 3.57. The number of fused-ring (bicyclic) bond motifs is 1. The minimum atomic E-state index is -0.541. The van der Waals surface area contributed by atoms with Crippen LogP contribution in [-0.4, -0.2) is 36.6 Å². The lowest BCUT2D eigenvalue weighted by Crippen LogP contribution is -2.32. The highest BCUT2D eigenvalue weighted by Gasteiger charge is 2.24. The van der Waals surface area contributed by atoms with Gasteiger partial charge in [-0.1, -0.05) is 6.07 Å². The maximum absolute atomic E-state index is 12.7. The zero-order valence-corrected chi connectivity index (χ0v) is 14.7. The Hall–Kier alpha value is -2.85. The Morgan fingerprint density at radius 2 is 2.19 bits per heavy atom. The molecule has 0 atom stereocenters. The van der Waals surface area contributed by atoms with Gasteiger partial charge in [0.2, 0.25) is 0 Å². The third-order valence-corrected chi connectivity index (χ3v) is 4.67. The summed E-state index contributed by atoms with van der Waals surface area (Å²) >= 11 is 0. The van der Waals surface area contributed by atoms with E-state index >= 15 is 0 Å². The van der Waals surface area contributed by atoms with E-state index in [0.29, 0.717) is 18.0 Å². The van der Waals surface area contributed by atoms with E-state index in [2.05, 4.69) is 10.6 Å². The molecule has 26 heavy (non-hydrogen) atoms. The number of nitrogens with one attached hydrogen (secondary N) is 2. The molecule has 7 heteroatoms. The number of carbonyl (C=O) groups is 1. The van der Waals surface area contributed by atoms with E-state index in [-0.39, 0.29) is 23.4 Å². The molecule has 0 bridgehead atoms. The Morgan fingerprint density at radius 1 is 1.42 bits per heavy atom. The summed E-state index contributed by atoms with van der Waals surface area (Å²) in [6, 6.07) is 7.09. The molecule has 2 aromatic rings. The maximum atomic E-state index is 12.7. The third kappa shape index (κ3) is 3.41. The van der Waals surface area contributed by atoms with Crippen molar-refractivity contribution in [1.82, 2.24) is 9.72 Å². The van der Waals surface area contributed by atoms with Crippen LogP contribution < -0.4 is 16.2 Å². The molecule has 1 fully saturated rings. The molecule has 2 aromatic heterocycles. The number of nitrogens with zero attached hydrogens (tertiary/aromatic N) is 2. The van der Waals surface area contributed by atoms with Crippen molar-refractivity contribution in [2.75, 3.05) is 31.6 Å². The van der Waals surface area contributed by atoms with Crippen molar-refractivity contribution in [2.24, 2.45) is 5.92 Å². The molecule has 1 aliphatic rings. The predicted molar refractivity (Wildman–Crippen MR) is 98.4 cm³/mol. The van der Waals surface area contributed by atoms with Gasteiger partial charge in [-0.3, -0.25) is 9.20 Å². The number of rotatable bonds is 5. The Morgan fingerprint density at radius 3 is 2.88 bits per heavy atom. The number of aromatic nitrogens is 1. The normalized spacial score (nSPS) is 14.8. The Bertz CT molecular complexity index is 907. The molecule has 0 amide bonds. The number of nitriles is 1. The van der Waals surface area contributed by atoms with Gasteiger partial charge in [0.05, 0.1) is 17.8 Å². The first-order chi connectivity index (χ1) is 12.7. The van der Waals surface area contributed by atoms with Crippen molar-refractivity contribution in [3.05, 3.63) is 45.9 Å². The molecule has 0 aromatic carbocycles. The van der Waals surface area contributed by atoms with Gasteiger partial charge in [0.1, 0.15) is 17.2 Å². The molecular weight excluding hydrogens is 332 g/mol. The highest BCUT2D eigenvalue weighted by atomic mass is 16.5. The van der Waals surface area contributed by atoms with Crippen LogP contribution in [0.3, 0.4) is 0 Å². The standard InChI is InChI=1S/C19H22N4O3/c1-2-26-19(25)16-15-5-3-4-10-23(15)18(24)14(11-20)17(16)22-12-13-6-8-21-9-7-13/h3-5,10,13,21-22H,2,6-9,12H2,1H3. The monoisotopic (exact) mass is 354 g/mol. The van der Waals surface area contributed by atoms with Gasteiger partial charge in [0.25, 0.3) is 5.56 Å². The number of anilines is 1. The lowest BCUT2D eigenvalue weighted by Gasteiger charge is -2.24. The Balaban J connectivity index is 2.11. The second-order valence-corrected chi connectivity index (χ2v) is 6.29. The van der Waals surface area contributed by atoms with E-state index in [9.17, 15) is 14.9 Å². The van der Waals surface area contributed by atoms with E-state index in [1.807, 2.05) is 6.07 Å². The van der Waals surface area contributed by atoms with Crippen molar-refractivity contribution >= 4 is 17.2 Å².